The average molecular weight is 382 g/mol. The molecule has 0 radical (unpaired) electrons. The van der Waals surface area contributed by atoms with Crippen LogP contribution in [-0.4, -0.2) is 45.6 Å². The first-order valence-corrected chi connectivity index (χ1v) is 8.94. The van der Waals surface area contributed by atoms with Crippen LogP contribution >= 0.6 is 22.9 Å². The summed E-state index contributed by atoms with van der Waals surface area (Å²) in [6.07, 6.45) is -1.02. The molecule has 2 aromatic rings. The third-order valence-corrected chi connectivity index (χ3v) is 4.75. The number of hydrogen-bond acceptors (Lipinski definition) is 4. The summed E-state index contributed by atoms with van der Waals surface area (Å²) in [4.78, 5) is 29.9. The Kier molecular flexibility index (Phi) is 6.02. The third kappa shape index (κ3) is 4.70. The van der Waals surface area contributed by atoms with Crippen molar-refractivity contribution in [2.45, 2.75) is 26.3 Å². The molecule has 1 aromatic carbocycles. The van der Waals surface area contributed by atoms with Crippen LogP contribution in [0.1, 0.15) is 31.3 Å². The van der Waals surface area contributed by atoms with Gasteiger partial charge in [0.25, 0.3) is 5.91 Å². The van der Waals surface area contributed by atoms with Crippen LogP contribution in [0.3, 0.4) is 0 Å². The zero-order valence-corrected chi connectivity index (χ0v) is 15.8. The molecule has 2 amide bonds. The minimum absolute atomic E-state index is 0.191. The van der Waals surface area contributed by atoms with Gasteiger partial charge in [0.05, 0.1) is 10.4 Å². The predicted octanol–water partition coefficient (Wildman–Crippen LogP) is 3.97. The molecule has 0 unspecified atom stereocenters. The number of carbonyl (C=O) groups is 2. The summed E-state index contributed by atoms with van der Waals surface area (Å²) in [6, 6.07) is 7.25. The van der Waals surface area contributed by atoms with Crippen molar-refractivity contribution in [2.24, 2.45) is 0 Å². The molecule has 0 aliphatic heterocycles. The molecule has 0 atom stereocenters. The molecule has 2 rings (SSSR count). The van der Waals surface area contributed by atoms with E-state index in [2.05, 4.69) is 10.3 Å². The molecule has 0 fully saturated rings. The summed E-state index contributed by atoms with van der Waals surface area (Å²) in [7, 11) is 0. The summed E-state index contributed by atoms with van der Waals surface area (Å²) in [5.74, 6) is -0.351. The lowest BCUT2D eigenvalue weighted by atomic mass is 10.1. The zero-order valence-electron chi connectivity index (χ0n) is 14.2. The van der Waals surface area contributed by atoms with E-state index in [4.69, 9.17) is 11.6 Å². The Labute approximate surface area is 155 Å². The van der Waals surface area contributed by atoms with Crippen molar-refractivity contribution in [3.63, 3.8) is 0 Å². The first-order valence-electron chi connectivity index (χ1n) is 7.69. The summed E-state index contributed by atoms with van der Waals surface area (Å²) >= 11 is 7.53. The highest BCUT2D eigenvalue weighted by molar-refractivity contribution is 7.13. The number of carbonyl (C=O) groups excluding carboxylic acids is 1. The normalized spacial score (nSPS) is 11.2. The molecule has 8 heteroatoms. The number of halogens is 1. The monoisotopic (exact) mass is 381 g/mol. The smallest absolute Gasteiger partial charge is 0.407 e. The summed E-state index contributed by atoms with van der Waals surface area (Å²) in [6.45, 7) is 5.80. The topological polar surface area (TPSA) is 82.5 Å². The fourth-order valence-corrected chi connectivity index (χ4v) is 3.44. The molecule has 2 N–H and O–H groups in total. The summed E-state index contributed by atoms with van der Waals surface area (Å²) in [5.41, 5.74) is 2.08. The van der Waals surface area contributed by atoms with Gasteiger partial charge in [-0.25, -0.2) is 9.78 Å². The van der Waals surface area contributed by atoms with Crippen LogP contribution in [0.25, 0.3) is 10.4 Å². The van der Waals surface area contributed by atoms with E-state index in [1.54, 1.807) is 32.3 Å². The first-order chi connectivity index (χ1) is 11.7. The van der Waals surface area contributed by atoms with Gasteiger partial charge in [0.15, 0.2) is 0 Å². The van der Waals surface area contributed by atoms with Crippen molar-refractivity contribution < 1.29 is 14.7 Å². The lowest BCUT2D eigenvalue weighted by Crippen LogP contribution is -2.48. The van der Waals surface area contributed by atoms with Gasteiger partial charge >= 0.3 is 6.09 Å². The van der Waals surface area contributed by atoms with Gasteiger partial charge in [0.2, 0.25) is 0 Å². The van der Waals surface area contributed by atoms with Crippen molar-refractivity contribution in [3.8, 4) is 10.4 Å². The Morgan fingerprint density at radius 1 is 1.32 bits per heavy atom. The van der Waals surface area contributed by atoms with Crippen molar-refractivity contribution in [2.75, 3.05) is 13.1 Å². The molecule has 0 aliphatic carbocycles. The second kappa shape index (κ2) is 7.84. The maximum atomic E-state index is 12.4. The standard InChI is InChI=1S/C17H20ClN3O3S/c1-17(2,3)21(16(23)24)9-8-19-15(22)13-14(25-10-20-13)11-6-4-5-7-12(11)18/h4-7,10H,8-9H2,1-3H3,(H,19,22)(H,23,24). The number of amides is 2. The van der Waals surface area contributed by atoms with E-state index in [0.29, 0.717) is 9.90 Å². The van der Waals surface area contributed by atoms with Crippen LogP contribution in [0.15, 0.2) is 29.8 Å². The Morgan fingerprint density at radius 2 is 2.00 bits per heavy atom. The molecule has 25 heavy (non-hydrogen) atoms. The van der Waals surface area contributed by atoms with Crippen molar-refractivity contribution in [1.29, 1.82) is 0 Å². The fourth-order valence-electron chi connectivity index (χ4n) is 2.33. The van der Waals surface area contributed by atoms with Crippen LogP contribution in [0.5, 0.6) is 0 Å². The van der Waals surface area contributed by atoms with E-state index in [1.165, 1.54) is 16.2 Å². The number of nitrogens with one attached hydrogen (secondary N) is 1. The number of hydrogen-bond donors (Lipinski definition) is 2. The van der Waals surface area contributed by atoms with Crippen molar-refractivity contribution in [3.05, 3.63) is 40.5 Å². The number of aromatic nitrogens is 1. The number of benzene rings is 1. The number of nitrogens with zero attached hydrogens (tertiary/aromatic N) is 2. The Bertz CT molecular complexity index is 770. The fraction of sp³-hybridized carbons (Fsp3) is 0.353. The molecule has 1 heterocycles. The quantitative estimate of drug-likeness (QED) is 0.820. The van der Waals surface area contributed by atoms with Gasteiger partial charge in [0, 0.05) is 29.2 Å². The van der Waals surface area contributed by atoms with Crippen molar-refractivity contribution in [1.82, 2.24) is 15.2 Å². The van der Waals surface area contributed by atoms with Gasteiger partial charge in [-0.2, -0.15) is 0 Å². The highest BCUT2D eigenvalue weighted by Crippen LogP contribution is 2.33. The number of thiazole rings is 1. The van der Waals surface area contributed by atoms with Gasteiger partial charge in [0.1, 0.15) is 5.69 Å². The van der Waals surface area contributed by atoms with Crippen LogP contribution in [0, 0.1) is 0 Å². The van der Waals surface area contributed by atoms with E-state index in [9.17, 15) is 14.7 Å². The maximum Gasteiger partial charge on any atom is 0.407 e. The van der Waals surface area contributed by atoms with Gasteiger partial charge < -0.3 is 15.3 Å². The summed E-state index contributed by atoms with van der Waals surface area (Å²) < 4.78 is 0. The molecule has 0 saturated heterocycles. The second-order valence-corrected chi connectivity index (χ2v) is 7.63. The predicted molar refractivity (Wildman–Crippen MR) is 99.4 cm³/mol. The minimum Gasteiger partial charge on any atom is -0.465 e. The van der Waals surface area contributed by atoms with Gasteiger partial charge in [-0.3, -0.25) is 4.79 Å². The van der Waals surface area contributed by atoms with E-state index in [0.717, 1.165) is 5.56 Å². The van der Waals surface area contributed by atoms with Gasteiger partial charge in [-0.15, -0.1) is 11.3 Å². The van der Waals surface area contributed by atoms with Crippen LogP contribution in [0.2, 0.25) is 5.02 Å². The van der Waals surface area contributed by atoms with Gasteiger partial charge in [-0.1, -0.05) is 29.8 Å². The molecule has 6 nitrogen and oxygen atoms in total. The highest BCUT2D eigenvalue weighted by Gasteiger charge is 2.26. The lowest BCUT2D eigenvalue weighted by Gasteiger charge is -2.33. The van der Waals surface area contributed by atoms with Crippen LogP contribution in [0.4, 0.5) is 4.79 Å². The number of carboxylic acid groups (broad SMARTS) is 1. The second-order valence-electron chi connectivity index (χ2n) is 6.37. The Morgan fingerprint density at radius 3 is 2.60 bits per heavy atom. The molecule has 0 spiro atoms. The molecule has 0 bridgehead atoms. The molecule has 0 aliphatic rings. The molecule has 0 saturated carbocycles. The Hall–Kier alpha value is -2.12. The number of rotatable bonds is 5. The van der Waals surface area contributed by atoms with E-state index in [-0.39, 0.29) is 24.7 Å². The van der Waals surface area contributed by atoms with Crippen LogP contribution < -0.4 is 5.32 Å². The average Bonchev–Trinajstić information content (AvgIpc) is 2.99. The molecular formula is C17H20ClN3O3S. The molecule has 1 aromatic heterocycles. The van der Waals surface area contributed by atoms with E-state index < -0.39 is 11.6 Å². The first kappa shape index (κ1) is 19.2. The van der Waals surface area contributed by atoms with Gasteiger partial charge in [-0.05, 0) is 26.8 Å². The lowest BCUT2D eigenvalue weighted by molar-refractivity contribution is 0.0889. The molecule has 134 valence electrons. The largest absolute Gasteiger partial charge is 0.465 e. The SMILES string of the molecule is CC(C)(C)N(CCNC(=O)c1ncsc1-c1ccccc1Cl)C(=O)O. The maximum absolute atomic E-state index is 12.4. The van der Waals surface area contributed by atoms with E-state index in [1.807, 2.05) is 18.2 Å². The van der Waals surface area contributed by atoms with Crippen LogP contribution in [-0.2, 0) is 0 Å². The Balaban J connectivity index is 2.07. The summed E-state index contributed by atoms with van der Waals surface area (Å²) in [5, 5.41) is 12.5. The van der Waals surface area contributed by atoms with Crippen molar-refractivity contribution >= 4 is 34.9 Å². The molecular weight excluding hydrogens is 362 g/mol. The highest BCUT2D eigenvalue weighted by atomic mass is 35.5. The zero-order chi connectivity index (χ0) is 18.6. The van der Waals surface area contributed by atoms with E-state index >= 15 is 0 Å². The third-order valence-electron chi connectivity index (χ3n) is 3.56. The minimum atomic E-state index is -1.02.